The van der Waals surface area contributed by atoms with Crippen LogP contribution < -0.4 is 5.73 Å². The maximum atomic E-state index is 8.47. The molecule has 0 unspecified atom stereocenters. The zero-order valence-corrected chi connectivity index (χ0v) is 17.9. The van der Waals surface area contributed by atoms with E-state index in [0.717, 1.165) is 50.0 Å². The van der Waals surface area contributed by atoms with Gasteiger partial charge in [0.1, 0.15) is 5.84 Å². The van der Waals surface area contributed by atoms with Crippen LogP contribution in [0.4, 0.5) is 5.69 Å². The lowest BCUT2D eigenvalue weighted by atomic mass is 9.88. The second kappa shape index (κ2) is 10.7. The van der Waals surface area contributed by atoms with E-state index in [1.54, 1.807) is 0 Å². The van der Waals surface area contributed by atoms with Gasteiger partial charge in [-0.3, -0.25) is 5.41 Å². The van der Waals surface area contributed by atoms with Crippen LogP contribution in [-0.4, -0.2) is 23.8 Å². The molecule has 28 heavy (non-hydrogen) atoms. The van der Waals surface area contributed by atoms with E-state index in [9.17, 15) is 0 Å². The van der Waals surface area contributed by atoms with E-state index >= 15 is 0 Å². The van der Waals surface area contributed by atoms with E-state index in [-0.39, 0.29) is 0 Å². The van der Waals surface area contributed by atoms with E-state index < -0.39 is 0 Å². The van der Waals surface area contributed by atoms with E-state index in [1.807, 2.05) is 12.1 Å². The Morgan fingerprint density at radius 1 is 0.821 bits per heavy atom. The first-order valence-corrected chi connectivity index (χ1v) is 10.6. The molecule has 2 aromatic rings. The van der Waals surface area contributed by atoms with Gasteiger partial charge >= 0.3 is 0 Å². The number of hydrogen-bond donors (Lipinski definition) is 2. The summed E-state index contributed by atoms with van der Waals surface area (Å²) in [6.07, 6.45) is 4.45. The van der Waals surface area contributed by atoms with Crippen molar-refractivity contribution in [3.63, 3.8) is 0 Å². The highest BCUT2D eigenvalue weighted by Gasteiger charge is 2.14. The van der Waals surface area contributed by atoms with Crippen LogP contribution in [0, 0.1) is 5.41 Å². The van der Waals surface area contributed by atoms with Gasteiger partial charge in [-0.2, -0.15) is 0 Å². The van der Waals surface area contributed by atoms with Gasteiger partial charge in [0, 0.05) is 24.3 Å². The third-order valence-electron chi connectivity index (χ3n) is 5.16. The molecule has 2 aromatic carbocycles. The fraction of sp³-hybridized carbons (Fsp3) is 0.400. The summed E-state index contributed by atoms with van der Waals surface area (Å²) in [5.74, 6) is 0.591. The molecule has 150 valence electrons. The highest BCUT2D eigenvalue weighted by atomic mass is 15.2. The van der Waals surface area contributed by atoms with Gasteiger partial charge in [-0.25, -0.2) is 0 Å². The third-order valence-corrected chi connectivity index (χ3v) is 5.16. The summed E-state index contributed by atoms with van der Waals surface area (Å²) in [5, 5.41) is 8.47. The molecule has 0 amide bonds. The van der Waals surface area contributed by atoms with Crippen molar-refractivity contribution in [2.75, 3.05) is 18.8 Å². The Balaban J connectivity index is 2.52. The molecule has 0 aliphatic rings. The summed E-state index contributed by atoms with van der Waals surface area (Å²) in [6, 6.07) is 16.7. The number of nitrogens with one attached hydrogen (secondary N) is 1. The van der Waals surface area contributed by atoms with Crippen LogP contribution >= 0.6 is 0 Å². The first kappa shape index (κ1) is 21.7. The third kappa shape index (κ3) is 5.25. The maximum absolute atomic E-state index is 8.47. The Kier molecular flexibility index (Phi) is 8.31. The van der Waals surface area contributed by atoms with Crippen molar-refractivity contribution < 1.29 is 0 Å². The highest BCUT2D eigenvalue weighted by molar-refractivity contribution is 5.97. The van der Waals surface area contributed by atoms with Crippen LogP contribution in [0.25, 0.3) is 5.57 Å². The van der Waals surface area contributed by atoms with Crippen molar-refractivity contribution in [3.05, 3.63) is 70.8 Å². The number of hydrogen-bond acceptors (Lipinski definition) is 2. The zero-order valence-electron chi connectivity index (χ0n) is 17.9. The average molecular weight is 378 g/mol. The minimum absolute atomic E-state index is 0.591. The molecule has 0 saturated heterocycles. The molecule has 0 saturated carbocycles. The molecule has 0 aromatic heterocycles. The van der Waals surface area contributed by atoms with Gasteiger partial charge in [0.25, 0.3) is 0 Å². The van der Waals surface area contributed by atoms with Crippen LogP contribution in [0.5, 0.6) is 0 Å². The van der Waals surface area contributed by atoms with Gasteiger partial charge in [0.2, 0.25) is 0 Å². The molecule has 0 aliphatic carbocycles. The summed E-state index contributed by atoms with van der Waals surface area (Å²) in [4.78, 5) is 2.07. The van der Waals surface area contributed by atoms with E-state index in [4.69, 9.17) is 11.1 Å². The zero-order chi connectivity index (χ0) is 20.5. The number of rotatable bonds is 9. The number of nitrogens with two attached hydrogens (primary N) is 1. The Labute approximate surface area is 170 Å². The van der Waals surface area contributed by atoms with Crippen LogP contribution in [0.3, 0.4) is 0 Å². The lowest BCUT2D eigenvalue weighted by Crippen LogP contribution is -2.30. The molecule has 0 atom stereocenters. The Hall–Kier alpha value is -2.55. The molecular weight excluding hydrogens is 342 g/mol. The fourth-order valence-electron chi connectivity index (χ4n) is 3.76. The van der Waals surface area contributed by atoms with Crippen molar-refractivity contribution in [1.82, 2.24) is 4.90 Å². The van der Waals surface area contributed by atoms with Crippen molar-refractivity contribution in [2.24, 2.45) is 0 Å². The van der Waals surface area contributed by atoms with E-state index in [0.29, 0.717) is 5.84 Å². The highest BCUT2D eigenvalue weighted by Crippen LogP contribution is 2.32. The van der Waals surface area contributed by atoms with Crippen molar-refractivity contribution in [2.45, 2.75) is 53.4 Å². The predicted molar refractivity (Wildman–Crippen MR) is 123 cm³/mol. The summed E-state index contributed by atoms with van der Waals surface area (Å²) in [7, 11) is 0. The Morgan fingerprint density at radius 2 is 1.39 bits per heavy atom. The fourth-order valence-corrected chi connectivity index (χ4v) is 3.76. The standard InChI is InChI=1S/C25H35N3/c1-5-10-19(11-6-2)24(22-12-9-13-23(26)18-22)20-14-16-21(17-15-20)25(27)28(7-3)8-4/h9,12-18,27H,5-8,10-11,26H2,1-4H3. The van der Waals surface area contributed by atoms with Gasteiger partial charge in [0.05, 0.1) is 0 Å². The van der Waals surface area contributed by atoms with Gasteiger partial charge in [-0.05, 0) is 55.5 Å². The van der Waals surface area contributed by atoms with Crippen molar-refractivity contribution in [1.29, 1.82) is 5.41 Å². The Morgan fingerprint density at radius 3 is 1.89 bits per heavy atom. The molecule has 0 heterocycles. The number of allylic oxidation sites excluding steroid dienone is 1. The first-order valence-electron chi connectivity index (χ1n) is 10.6. The van der Waals surface area contributed by atoms with Crippen molar-refractivity contribution in [3.8, 4) is 0 Å². The van der Waals surface area contributed by atoms with Crippen LogP contribution in [0.1, 0.15) is 70.1 Å². The second-order valence-electron chi connectivity index (χ2n) is 7.20. The molecule has 0 radical (unpaired) electrons. The second-order valence-corrected chi connectivity index (χ2v) is 7.20. The number of amidine groups is 1. The maximum Gasteiger partial charge on any atom is 0.128 e. The number of nitrogens with zero attached hydrogens (tertiary/aromatic N) is 1. The molecule has 3 nitrogen and oxygen atoms in total. The molecule has 0 spiro atoms. The van der Waals surface area contributed by atoms with Crippen LogP contribution in [-0.2, 0) is 0 Å². The SMILES string of the molecule is CCCC(CCC)=C(c1ccc(C(=N)N(CC)CC)cc1)c1cccc(N)c1. The quantitative estimate of drug-likeness (QED) is 0.304. The largest absolute Gasteiger partial charge is 0.399 e. The first-order chi connectivity index (χ1) is 13.5. The van der Waals surface area contributed by atoms with Crippen molar-refractivity contribution >= 4 is 17.1 Å². The van der Waals surface area contributed by atoms with Gasteiger partial charge in [-0.1, -0.05) is 68.7 Å². The molecule has 3 heteroatoms. The minimum Gasteiger partial charge on any atom is -0.399 e. The smallest absolute Gasteiger partial charge is 0.128 e. The lowest BCUT2D eigenvalue weighted by Gasteiger charge is -2.22. The normalized spacial score (nSPS) is 10.6. The summed E-state index contributed by atoms with van der Waals surface area (Å²) in [6.45, 7) is 10.4. The summed E-state index contributed by atoms with van der Waals surface area (Å²) >= 11 is 0. The molecule has 0 fully saturated rings. The lowest BCUT2D eigenvalue weighted by molar-refractivity contribution is 0.463. The van der Waals surface area contributed by atoms with E-state index in [2.05, 4.69) is 69.0 Å². The molecular formula is C25H35N3. The van der Waals surface area contributed by atoms with Crippen LogP contribution in [0.15, 0.2) is 54.1 Å². The Bertz CT molecular complexity index is 791. The topological polar surface area (TPSA) is 53.1 Å². The average Bonchev–Trinajstić information content (AvgIpc) is 2.70. The number of anilines is 1. The molecule has 3 N–H and O–H groups in total. The molecule has 2 rings (SSSR count). The van der Waals surface area contributed by atoms with E-state index in [1.165, 1.54) is 22.3 Å². The number of benzene rings is 2. The van der Waals surface area contributed by atoms with Crippen LogP contribution in [0.2, 0.25) is 0 Å². The minimum atomic E-state index is 0.591. The van der Waals surface area contributed by atoms with Gasteiger partial charge < -0.3 is 10.6 Å². The monoisotopic (exact) mass is 377 g/mol. The number of nitrogen functional groups attached to an aromatic ring is 1. The van der Waals surface area contributed by atoms with Gasteiger partial charge in [0.15, 0.2) is 0 Å². The summed E-state index contributed by atoms with van der Waals surface area (Å²) < 4.78 is 0. The molecule has 0 aliphatic heterocycles. The summed E-state index contributed by atoms with van der Waals surface area (Å²) in [5.41, 5.74) is 13.0. The molecule has 0 bridgehead atoms. The van der Waals surface area contributed by atoms with Gasteiger partial charge in [-0.15, -0.1) is 0 Å². The predicted octanol–water partition coefficient (Wildman–Crippen LogP) is 6.34.